The molecule has 1 aliphatic heterocycles. The maximum absolute atomic E-state index is 12.2. The molecule has 3 aromatic rings. The number of nitrogens with one attached hydrogen (secondary N) is 2. The first-order chi connectivity index (χ1) is 17.8. The van der Waals surface area contributed by atoms with E-state index in [1.165, 1.54) is 16.8 Å². The number of carbonyl (C=O) groups is 1. The fourth-order valence-electron chi connectivity index (χ4n) is 3.86. The van der Waals surface area contributed by atoms with Crippen molar-refractivity contribution < 1.29 is 4.79 Å². The number of anilines is 5. The monoisotopic (exact) mass is 516 g/mol. The zero-order valence-corrected chi connectivity index (χ0v) is 21.8. The quantitative estimate of drug-likeness (QED) is 0.353. The summed E-state index contributed by atoms with van der Waals surface area (Å²) in [6.07, 6.45) is 3.08. The van der Waals surface area contributed by atoms with Gasteiger partial charge in [-0.25, -0.2) is 4.98 Å². The molecule has 4 rings (SSSR count). The normalized spacial score (nSPS) is 14.1. The predicted octanol–water partition coefficient (Wildman–Crippen LogP) is 4.36. The van der Waals surface area contributed by atoms with E-state index in [4.69, 9.17) is 11.6 Å². The zero-order valence-electron chi connectivity index (χ0n) is 21.1. The third kappa shape index (κ3) is 6.76. The van der Waals surface area contributed by atoms with E-state index in [0.717, 1.165) is 31.9 Å². The second kappa shape index (κ2) is 11.7. The molecule has 10 heteroatoms. The number of aromatic nitrogens is 2. The van der Waals surface area contributed by atoms with E-state index in [0.29, 0.717) is 28.0 Å². The maximum atomic E-state index is 12.2. The van der Waals surface area contributed by atoms with Gasteiger partial charge in [-0.1, -0.05) is 23.7 Å². The fraction of sp³-hybridized carbons (Fsp3) is 0.259. The van der Waals surface area contributed by atoms with E-state index in [-0.39, 0.29) is 11.5 Å². The van der Waals surface area contributed by atoms with Gasteiger partial charge in [0, 0.05) is 57.3 Å². The van der Waals surface area contributed by atoms with Crippen LogP contribution in [0.3, 0.4) is 0 Å². The number of halogens is 1. The van der Waals surface area contributed by atoms with Crippen LogP contribution in [0.25, 0.3) is 6.08 Å². The number of likely N-dealkylation sites (N-methyl/N-ethyl adjacent to an activating group) is 2. The molecule has 0 unspecified atom stereocenters. The number of carbonyl (C=O) groups excluding carboxylic acids is 1. The van der Waals surface area contributed by atoms with Crippen LogP contribution < -0.4 is 15.5 Å². The van der Waals surface area contributed by atoms with Gasteiger partial charge in [0.2, 0.25) is 5.95 Å². The lowest BCUT2D eigenvalue weighted by Gasteiger charge is -2.34. The van der Waals surface area contributed by atoms with Crippen LogP contribution >= 0.6 is 11.6 Å². The van der Waals surface area contributed by atoms with Crippen LogP contribution in [0.2, 0.25) is 5.02 Å². The van der Waals surface area contributed by atoms with Gasteiger partial charge in [-0.15, -0.1) is 0 Å². The van der Waals surface area contributed by atoms with Crippen LogP contribution in [-0.2, 0) is 4.79 Å². The highest BCUT2D eigenvalue weighted by molar-refractivity contribution is 6.32. The van der Waals surface area contributed by atoms with E-state index in [1.54, 1.807) is 20.2 Å². The maximum Gasteiger partial charge on any atom is 0.264 e. The topological polar surface area (TPSA) is 100 Å². The highest BCUT2D eigenvalue weighted by Crippen LogP contribution is 2.27. The van der Waals surface area contributed by atoms with Gasteiger partial charge in [-0.2, -0.15) is 10.2 Å². The number of amides is 1. The molecule has 0 aliphatic carbocycles. The second-order valence-corrected chi connectivity index (χ2v) is 9.38. The minimum absolute atomic E-state index is 0.0485. The molecule has 2 heterocycles. The van der Waals surface area contributed by atoms with E-state index in [1.807, 2.05) is 42.5 Å². The lowest BCUT2D eigenvalue weighted by molar-refractivity contribution is -0.124. The number of benzene rings is 2. The Morgan fingerprint density at radius 2 is 1.81 bits per heavy atom. The Balaban J connectivity index is 1.46. The van der Waals surface area contributed by atoms with Gasteiger partial charge in [0.05, 0.1) is 6.20 Å². The molecule has 9 nitrogen and oxygen atoms in total. The standard InChI is InChI=1S/C27H29ClN8O/c1-34(2)26(37)20(17-29)15-19-5-4-6-22(16-19)31-25-24(28)18-30-27(33-25)32-21-7-9-23(10-8-21)36-13-11-35(3)12-14-36/h4-10,15-16,18H,11-14H2,1-3H3,(H2,30,31,32,33). The van der Waals surface area contributed by atoms with Gasteiger partial charge in [0.15, 0.2) is 5.82 Å². The first kappa shape index (κ1) is 25.9. The molecule has 0 atom stereocenters. The van der Waals surface area contributed by atoms with Crippen molar-refractivity contribution in [1.82, 2.24) is 19.8 Å². The number of hydrogen-bond donors (Lipinski definition) is 2. The van der Waals surface area contributed by atoms with Gasteiger partial charge in [0.25, 0.3) is 5.91 Å². The van der Waals surface area contributed by atoms with Crippen LogP contribution in [0.5, 0.6) is 0 Å². The van der Waals surface area contributed by atoms with Crippen molar-refractivity contribution in [1.29, 1.82) is 5.26 Å². The molecule has 1 saturated heterocycles. The van der Waals surface area contributed by atoms with E-state index >= 15 is 0 Å². The molecular formula is C27H29ClN8O. The van der Waals surface area contributed by atoms with Crippen molar-refractivity contribution in [3.8, 4) is 6.07 Å². The number of nitrogens with zero attached hydrogens (tertiary/aromatic N) is 6. The van der Waals surface area contributed by atoms with Gasteiger partial charge in [-0.3, -0.25) is 4.79 Å². The number of hydrogen-bond acceptors (Lipinski definition) is 8. The highest BCUT2D eigenvalue weighted by Gasteiger charge is 2.15. The van der Waals surface area contributed by atoms with Crippen LogP contribution in [0, 0.1) is 11.3 Å². The third-order valence-corrected chi connectivity index (χ3v) is 6.23. The van der Waals surface area contributed by atoms with Gasteiger partial charge >= 0.3 is 0 Å². The van der Waals surface area contributed by atoms with Crippen molar-refractivity contribution in [2.24, 2.45) is 0 Å². The van der Waals surface area contributed by atoms with Crippen LogP contribution in [0.1, 0.15) is 5.56 Å². The smallest absolute Gasteiger partial charge is 0.264 e. The summed E-state index contributed by atoms with van der Waals surface area (Å²) in [6, 6.07) is 17.5. The Morgan fingerprint density at radius 1 is 1.08 bits per heavy atom. The predicted molar refractivity (Wildman–Crippen MR) is 148 cm³/mol. The molecule has 37 heavy (non-hydrogen) atoms. The highest BCUT2D eigenvalue weighted by atomic mass is 35.5. The molecule has 1 amide bonds. The minimum Gasteiger partial charge on any atom is -0.369 e. The molecular weight excluding hydrogens is 488 g/mol. The van der Waals surface area contributed by atoms with Crippen LogP contribution in [-0.4, -0.2) is 73.0 Å². The summed E-state index contributed by atoms with van der Waals surface area (Å²) in [5.41, 5.74) is 3.51. The molecule has 1 aromatic heterocycles. The summed E-state index contributed by atoms with van der Waals surface area (Å²) in [7, 11) is 5.36. The molecule has 2 aromatic carbocycles. The lowest BCUT2D eigenvalue weighted by atomic mass is 10.1. The summed E-state index contributed by atoms with van der Waals surface area (Å²) in [4.78, 5) is 27.1. The zero-order chi connectivity index (χ0) is 26.4. The van der Waals surface area contributed by atoms with E-state index in [9.17, 15) is 10.1 Å². The third-order valence-electron chi connectivity index (χ3n) is 5.95. The van der Waals surface area contributed by atoms with Gasteiger partial charge < -0.3 is 25.3 Å². The number of piperazine rings is 1. The molecule has 0 saturated carbocycles. The fourth-order valence-corrected chi connectivity index (χ4v) is 3.99. The molecule has 1 aliphatic rings. The molecule has 0 radical (unpaired) electrons. The largest absolute Gasteiger partial charge is 0.369 e. The van der Waals surface area contributed by atoms with Gasteiger partial charge in [0.1, 0.15) is 16.7 Å². The van der Waals surface area contributed by atoms with E-state index in [2.05, 4.69) is 49.6 Å². The summed E-state index contributed by atoms with van der Waals surface area (Å²) in [5.74, 6) is 0.477. The van der Waals surface area contributed by atoms with Crippen molar-refractivity contribution in [3.05, 3.63) is 70.9 Å². The summed E-state index contributed by atoms with van der Waals surface area (Å²) in [5, 5.41) is 16.1. The Hall–Kier alpha value is -4.13. The van der Waals surface area contributed by atoms with Crippen molar-refractivity contribution in [2.75, 3.05) is 62.9 Å². The minimum atomic E-state index is -0.355. The Kier molecular flexibility index (Phi) is 8.23. The average molecular weight is 517 g/mol. The Morgan fingerprint density at radius 3 is 2.49 bits per heavy atom. The first-order valence-corrected chi connectivity index (χ1v) is 12.2. The molecule has 0 spiro atoms. The second-order valence-electron chi connectivity index (χ2n) is 8.97. The number of nitriles is 1. The SMILES string of the molecule is CN1CCN(c2ccc(Nc3ncc(Cl)c(Nc4cccc(C=C(C#N)C(=O)N(C)C)c4)n3)cc2)CC1. The summed E-state index contributed by atoms with van der Waals surface area (Å²) >= 11 is 6.36. The molecule has 0 bridgehead atoms. The van der Waals surface area contributed by atoms with Crippen molar-refractivity contribution in [3.63, 3.8) is 0 Å². The van der Waals surface area contributed by atoms with Gasteiger partial charge in [-0.05, 0) is 55.1 Å². The Labute approximate surface area is 222 Å². The van der Waals surface area contributed by atoms with Crippen LogP contribution in [0.4, 0.5) is 28.8 Å². The van der Waals surface area contributed by atoms with E-state index < -0.39 is 0 Å². The molecule has 190 valence electrons. The van der Waals surface area contributed by atoms with Crippen molar-refractivity contribution >= 4 is 52.4 Å². The average Bonchev–Trinajstić information content (AvgIpc) is 2.90. The Bertz CT molecular complexity index is 1320. The first-order valence-electron chi connectivity index (χ1n) is 11.9. The summed E-state index contributed by atoms with van der Waals surface area (Å²) in [6.45, 7) is 4.14. The summed E-state index contributed by atoms with van der Waals surface area (Å²) < 4.78 is 0. The molecule has 2 N–H and O–H groups in total. The number of rotatable bonds is 7. The van der Waals surface area contributed by atoms with Crippen molar-refractivity contribution in [2.45, 2.75) is 0 Å². The lowest BCUT2D eigenvalue weighted by Crippen LogP contribution is -2.44. The molecule has 1 fully saturated rings. The van der Waals surface area contributed by atoms with Crippen LogP contribution in [0.15, 0.2) is 60.3 Å².